The molecule has 2 aliphatic heterocycles. The zero-order chi connectivity index (χ0) is 19.0. The van der Waals surface area contributed by atoms with E-state index in [2.05, 4.69) is 10.6 Å². The van der Waals surface area contributed by atoms with Crippen molar-refractivity contribution in [2.45, 2.75) is 12.6 Å². The Morgan fingerprint density at radius 1 is 1.33 bits per heavy atom. The second-order valence-corrected chi connectivity index (χ2v) is 6.98. The minimum absolute atomic E-state index is 0.169. The van der Waals surface area contributed by atoms with Gasteiger partial charge in [-0.15, -0.1) is 0 Å². The molecule has 2 atom stereocenters. The van der Waals surface area contributed by atoms with Crippen LogP contribution in [-0.2, 0) is 6.42 Å². The zero-order valence-electron chi connectivity index (χ0n) is 15.1. The molecule has 0 radical (unpaired) electrons. The number of fused-ring (bicyclic) bond motifs is 2. The summed E-state index contributed by atoms with van der Waals surface area (Å²) in [7, 11) is 3.63. The summed E-state index contributed by atoms with van der Waals surface area (Å²) in [5.74, 6) is 1.88. The smallest absolute Gasteiger partial charge is 0.324 e. The fourth-order valence-corrected chi connectivity index (χ4v) is 3.76. The predicted molar refractivity (Wildman–Crippen MR) is 101 cm³/mol. The molecule has 2 aliphatic rings. The van der Waals surface area contributed by atoms with Crippen LogP contribution in [-0.4, -0.2) is 33.5 Å². The molecule has 3 N–H and O–H groups in total. The number of hydrogen-bond donors (Lipinski definition) is 3. The number of carbonyl (C=O) groups is 1. The lowest BCUT2D eigenvalue weighted by Crippen LogP contribution is -3.12. The first-order chi connectivity index (χ1) is 13.1. The number of ether oxygens (including phenoxy) is 3. The van der Waals surface area contributed by atoms with E-state index in [1.54, 1.807) is 19.2 Å². The van der Waals surface area contributed by atoms with Crippen molar-refractivity contribution in [2.75, 3.05) is 32.8 Å². The molecule has 4 rings (SSSR count). The Kier molecular flexibility index (Phi) is 4.72. The number of carbonyl (C=O) groups excluding carboxylic acids is 1. The molecule has 0 saturated carbocycles. The minimum atomic E-state index is -0.333. The number of methoxy groups -OCH3 is 1. The molecule has 0 fully saturated rings. The summed E-state index contributed by atoms with van der Waals surface area (Å²) in [5, 5.41) is 6.34. The first kappa shape index (κ1) is 17.8. The number of likely N-dealkylation sites (N-methyl/N-ethyl adjacent to an activating group) is 1. The highest BCUT2D eigenvalue weighted by Crippen LogP contribution is 2.46. The van der Waals surface area contributed by atoms with Crippen LogP contribution in [0.5, 0.6) is 17.2 Å². The molecule has 2 heterocycles. The Bertz CT molecular complexity index is 889. The Morgan fingerprint density at radius 3 is 2.93 bits per heavy atom. The Morgan fingerprint density at radius 2 is 2.15 bits per heavy atom. The van der Waals surface area contributed by atoms with E-state index in [-0.39, 0.29) is 19.0 Å². The van der Waals surface area contributed by atoms with Gasteiger partial charge in [0, 0.05) is 6.42 Å². The summed E-state index contributed by atoms with van der Waals surface area (Å²) in [6.07, 6.45) is 0.569. The molecule has 2 amide bonds. The molecule has 0 aromatic heterocycles. The van der Waals surface area contributed by atoms with Crippen molar-refractivity contribution in [3.05, 3.63) is 46.5 Å². The van der Waals surface area contributed by atoms with E-state index in [0.717, 1.165) is 29.0 Å². The van der Waals surface area contributed by atoms with Gasteiger partial charge in [-0.05, 0) is 23.8 Å². The summed E-state index contributed by atoms with van der Waals surface area (Å²) in [6.45, 7) is 1.04. The minimum Gasteiger partial charge on any atom is -0.492 e. The van der Waals surface area contributed by atoms with E-state index in [4.69, 9.17) is 25.8 Å². The van der Waals surface area contributed by atoms with Crippen molar-refractivity contribution >= 4 is 23.3 Å². The van der Waals surface area contributed by atoms with Crippen LogP contribution in [0.3, 0.4) is 0 Å². The topological polar surface area (TPSA) is 73.3 Å². The summed E-state index contributed by atoms with van der Waals surface area (Å²) in [6, 6.07) is 8.76. The van der Waals surface area contributed by atoms with Gasteiger partial charge in [-0.2, -0.15) is 0 Å². The number of halogens is 1. The maximum absolute atomic E-state index is 12.6. The van der Waals surface area contributed by atoms with Crippen molar-refractivity contribution in [3.63, 3.8) is 0 Å². The Hall–Kier alpha value is -2.64. The number of urea groups is 1. The van der Waals surface area contributed by atoms with E-state index < -0.39 is 0 Å². The number of quaternary nitrogens is 1. The van der Waals surface area contributed by atoms with E-state index in [9.17, 15) is 4.79 Å². The molecule has 2 aromatic carbocycles. The third-order valence-corrected chi connectivity index (χ3v) is 5.24. The zero-order valence-corrected chi connectivity index (χ0v) is 15.9. The van der Waals surface area contributed by atoms with Crippen molar-refractivity contribution in [1.29, 1.82) is 0 Å². The van der Waals surface area contributed by atoms with E-state index in [1.807, 2.05) is 25.2 Å². The van der Waals surface area contributed by atoms with Crippen LogP contribution in [0.25, 0.3) is 0 Å². The van der Waals surface area contributed by atoms with Gasteiger partial charge in [-0.1, -0.05) is 23.7 Å². The maximum Gasteiger partial charge on any atom is 0.324 e. The highest BCUT2D eigenvalue weighted by molar-refractivity contribution is 6.33. The summed E-state index contributed by atoms with van der Waals surface area (Å²) in [4.78, 5) is 13.8. The average molecular weight is 391 g/mol. The molecule has 27 heavy (non-hydrogen) atoms. The molecule has 0 aliphatic carbocycles. The Balaban J connectivity index is 1.64. The van der Waals surface area contributed by atoms with Gasteiger partial charge in [0.2, 0.25) is 12.5 Å². The van der Waals surface area contributed by atoms with Crippen molar-refractivity contribution in [3.8, 4) is 17.2 Å². The van der Waals surface area contributed by atoms with Crippen LogP contribution in [0.4, 0.5) is 10.5 Å². The molecule has 0 saturated heterocycles. The Labute approximate surface area is 162 Å². The van der Waals surface area contributed by atoms with Gasteiger partial charge >= 0.3 is 6.03 Å². The van der Waals surface area contributed by atoms with Crippen LogP contribution >= 0.6 is 11.6 Å². The quantitative estimate of drug-likeness (QED) is 0.749. The van der Waals surface area contributed by atoms with Gasteiger partial charge in [0.1, 0.15) is 0 Å². The van der Waals surface area contributed by atoms with Crippen LogP contribution in [0.1, 0.15) is 17.3 Å². The largest absolute Gasteiger partial charge is 0.492 e. The van der Waals surface area contributed by atoms with E-state index in [0.29, 0.717) is 28.0 Å². The summed E-state index contributed by atoms with van der Waals surface area (Å²) >= 11 is 6.13. The number of anilines is 1. The molecule has 7 nitrogen and oxygen atoms in total. The second kappa shape index (κ2) is 7.17. The molecule has 8 heteroatoms. The highest BCUT2D eigenvalue weighted by atomic mass is 35.5. The summed E-state index contributed by atoms with van der Waals surface area (Å²) < 4.78 is 16.7. The van der Waals surface area contributed by atoms with E-state index >= 15 is 0 Å². The van der Waals surface area contributed by atoms with Crippen LogP contribution < -0.4 is 29.7 Å². The highest BCUT2D eigenvalue weighted by Gasteiger charge is 2.37. The third-order valence-electron chi connectivity index (χ3n) is 4.92. The second-order valence-electron chi connectivity index (χ2n) is 6.57. The first-order valence-electron chi connectivity index (χ1n) is 8.72. The van der Waals surface area contributed by atoms with Crippen molar-refractivity contribution in [2.24, 2.45) is 0 Å². The molecule has 0 bridgehead atoms. The predicted octanol–water partition coefficient (Wildman–Crippen LogP) is 1.97. The van der Waals surface area contributed by atoms with Gasteiger partial charge in [-0.25, -0.2) is 4.79 Å². The van der Waals surface area contributed by atoms with Gasteiger partial charge in [0.05, 0.1) is 37.0 Å². The lowest BCUT2D eigenvalue weighted by molar-refractivity contribution is -0.917. The number of para-hydroxylation sites is 1. The molecule has 142 valence electrons. The molecule has 0 spiro atoms. The van der Waals surface area contributed by atoms with Gasteiger partial charge in [0.15, 0.2) is 17.7 Å². The number of hydrogen-bond acceptors (Lipinski definition) is 4. The number of nitrogens with one attached hydrogen (secondary N) is 3. The third kappa shape index (κ3) is 3.24. The monoisotopic (exact) mass is 390 g/mol. The molecular formula is C19H21ClN3O4+. The summed E-state index contributed by atoms with van der Waals surface area (Å²) in [5.41, 5.74) is 2.56. The fraction of sp³-hybridized carbons (Fsp3) is 0.316. The molecule has 1 unspecified atom stereocenters. The molecular weight excluding hydrogens is 370 g/mol. The number of rotatable bonds is 3. The molecule has 2 aromatic rings. The van der Waals surface area contributed by atoms with E-state index in [1.165, 1.54) is 0 Å². The SMILES string of the molecule is COc1c2c(cc3c1[C@@H](NC(=O)Nc1ccccc1Cl)[NH+](C)CC3)OCO2. The average Bonchev–Trinajstić information content (AvgIpc) is 3.12. The van der Waals surface area contributed by atoms with Crippen LogP contribution in [0.15, 0.2) is 30.3 Å². The standard InChI is InChI=1S/C19H20ClN3O4/c1-23-8-7-11-9-14-16(27-10-26-14)17(25-2)15(11)18(23)22-19(24)21-13-6-4-3-5-12(13)20/h3-6,9,18H,7-8,10H2,1-2H3,(H2,21,22,24)/p+1/t18-/m0/s1. The van der Waals surface area contributed by atoms with Crippen molar-refractivity contribution in [1.82, 2.24) is 5.32 Å². The number of benzene rings is 2. The normalized spacial score (nSPS) is 20.0. The number of amides is 2. The lowest BCUT2D eigenvalue weighted by Gasteiger charge is -2.33. The maximum atomic E-state index is 12.6. The fourth-order valence-electron chi connectivity index (χ4n) is 3.57. The van der Waals surface area contributed by atoms with Crippen LogP contribution in [0.2, 0.25) is 5.02 Å². The lowest BCUT2D eigenvalue weighted by atomic mass is 9.95. The van der Waals surface area contributed by atoms with Gasteiger partial charge in [0.25, 0.3) is 0 Å². The first-order valence-corrected chi connectivity index (χ1v) is 9.10. The van der Waals surface area contributed by atoms with Crippen LogP contribution in [0, 0.1) is 0 Å². The van der Waals surface area contributed by atoms with Crippen molar-refractivity contribution < 1.29 is 23.9 Å². The van der Waals surface area contributed by atoms with Gasteiger partial charge in [-0.3, -0.25) is 5.32 Å². The van der Waals surface area contributed by atoms with Gasteiger partial charge < -0.3 is 24.4 Å².